The van der Waals surface area contributed by atoms with Crippen molar-refractivity contribution < 1.29 is 4.11 Å². The smallest absolute Gasteiger partial charge is 0.252 e. The van der Waals surface area contributed by atoms with E-state index in [2.05, 4.69) is 187 Å². The molecule has 0 unspecified atom stereocenters. The van der Waals surface area contributed by atoms with Crippen molar-refractivity contribution in [3.63, 3.8) is 0 Å². The van der Waals surface area contributed by atoms with Gasteiger partial charge in [-0.05, 0) is 146 Å². The van der Waals surface area contributed by atoms with Crippen LogP contribution >= 0.6 is 11.3 Å². The van der Waals surface area contributed by atoms with Gasteiger partial charge in [0, 0.05) is 52.7 Å². The first-order chi connectivity index (χ1) is 29.4. The number of thiophene rings is 1. The molecule has 2 aliphatic heterocycles. The molecule has 290 valence electrons. The van der Waals surface area contributed by atoms with E-state index in [1.165, 1.54) is 53.4 Å². The summed E-state index contributed by atoms with van der Waals surface area (Å²) in [6.45, 7) is 16.2. The second-order valence-electron chi connectivity index (χ2n) is 19.6. The van der Waals surface area contributed by atoms with Gasteiger partial charge < -0.3 is 9.80 Å². The lowest BCUT2D eigenvalue weighted by atomic mass is 9.33. The van der Waals surface area contributed by atoms with E-state index in [0.717, 1.165) is 57.1 Å². The summed E-state index contributed by atoms with van der Waals surface area (Å²) in [5, 5.41) is 2.40. The van der Waals surface area contributed by atoms with Crippen LogP contribution in [-0.2, 0) is 16.2 Å². The summed E-state index contributed by atoms with van der Waals surface area (Å²) in [6.07, 6.45) is 1.05. The first-order valence-corrected chi connectivity index (χ1v) is 21.9. The van der Waals surface area contributed by atoms with Gasteiger partial charge in [-0.15, -0.1) is 11.3 Å². The van der Waals surface area contributed by atoms with Gasteiger partial charge in [-0.3, -0.25) is 0 Å². The van der Waals surface area contributed by atoms with Crippen molar-refractivity contribution in [1.82, 2.24) is 0 Å². The van der Waals surface area contributed by atoms with Crippen molar-refractivity contribution in [2.24, 2.45) is 0 Å². The van der Waals surface area contributed by atoms with Crippen LogP contribution in [0.1, 0.15) is 86.8 Å². The van der Waals surface area contributed by atoms with Crippen LogP contribution < -0.4 is 26.2 Å². The van der Waals surface area contributed by atoms with Gasteiger partial charge in [-0.25, -0.2) is 0 Å². The van der Waals surface area contributed by atoms with Gasteiger partial charge in [0.15, 0.2) is 0 Å². The lowest BCUT2D eigenvalue weighted by Crippen LogP contribution is -2.61. The summed E-state index contributed by atoms with van der Waals surface area (Å²) in [5.41, 5.74) is 17.5. The summed E-state index contributed by atoms with van der Waals surface area (Å²) >= 11 is 1.81. The lowest BCUT2D eigenvalue weighted by molar-refractivity contribution is 0.403. The van der Waals surface area contributed by atoms with Gasteiger partial charge in [-0.2, -0.15) is 0 Å². The molecule has 0 N–H and O–H groups in total. The third-order valence-corrected chi connectivity index (χ3v) is 14.7. The van der Waals surface area contributed by atoms with Crippen LogP contribution in [0.2, 0.25) is 0 Å². The standard InChI is InChI=1S/C55H51BN2S/c1-33-26-47-52-48(27-33)58(45-19-15-21-50-51(45)38-18-13-14-20-49(38)59-50)44-25-23-37(53(3,4)5)29-41(44)56(52)42-30-39-40(55(8,9)32-54(39,6)7)31-46(42)57(47)43-24-22-36(28-34(43)2)35-16-11-10-12-17-35/h10-31H,32H2,1-9H3/i1D3. The molecule has 4 heteroatoms. The van der Waals surface area contributed by atoms with Crippen molar-refractivity contribution in [3.8, 4) is 11.1 Å². The van der Waals surface area contributed by atoms with Crippen molar-refractivity contribution >= 4 is 88.7 Å². The predicted molar refractivity (Wildman–Crippen MR) is 258 cm³/mol. The molecule has 1 aromatic heterocycles. The third-order valence-electron chi connectivity index (χ3n) is 13.6. The minimum absolute atomic E-state index is 0.0212. The number of nitrogens with zero attached hydrogens (tertiary/aromatic N) is 2. The summed E-state index contributed by atoms with van der Waals surface area (Å²) in [6, 6.07) is 48.7. The van der Waals surface area contributed by atoms with Crippen molar-refractivity contribution in [1.29, 1.82) is 0 Å². The normalized spacial score (nSPS) is 16.9. The Morgan fingerprint density at radius 3 is 1.98 bits per heavy atom. The topological polar surface area (TPSA) is 6.48 Å². The summed E-state index contributed by atoms with van der Waals surface area (Å²) in [5.74, 6) is 0. The maximum absolute atomic E-state index is 9.03. The van der Waals surface area contributed by atoms with E-state index in [-0.39, 0.29) is 23.0 Å². The lowest BCUT2D eigenvalue weighted by Gasteiger charge is -2.45. The maximum Gasteiger partial charge on any atom is 0.252 e. The zero-order valence-electron chi connectivity index (χ0n) is 38.3. The fourth-order valence-electron chi connectivity index (χ4n) is 11.1. The van der Waals surface area contributed by atoms with E-state index < -0.39 is 6.85 Å². The van der Waals surface area contributed by atoms with Gasteiger partial charge in [0.1, 0.15) is 0 Å². The largest absolute Gasteiger partial charge is 0.311 e. The highest BCUT2D eigenvalue weighted by atomic mass is 32.1. The van der Waals surface area contributed by atoms with Crippen LogP contribution in [0.5, 0.6) is 0 Å². The zero-order chi connectivity index (χ0) is 43.2. The summed E-state index contributed by atoms with van der Waals surface area (Å²) in [4.78, 5) is 4.83. The van der Waals surface area contributed by atoms with Gasteiger partial charge in [0.05, 0.1) is 5.69 Å². The molecule has 0 saturated carbocycles. The molecule has 3 aliphatic rings. The first-order valence-electron chi connectivity index (χ1n) is 22.6. The van der Waals surface area contributed by atoms with Crippen LogP contribution in [0.15, 0.2) is 133 Å². The van der Waals surface area contributed by atoms with E-state index in [4.69, 9.17) is 4.11 Å². The summed E-state index contributed by atoms with van der Waals surface area (Å²) < 4.78 is 29.5. The molecule has 11 rings (SSSR count). The number of anilines is 6. The molecule has 0 radical (unpaired) electrons. The Hall–Kier alpha value is -5.58. The van der Waals surface area contributed by atoms with Gasteiger partial charge in [0.25, 0.3) is 6.71 Å². The molecule has 1 aliphatic carbocycles. The molecule has 3 heterocycles. The van der Waals surface area contributed by atoms with Crippen LogP contribution in [0, 0.1) is 13.8 Å². The number of fused-ring (bicyclic) bond motifs is 8. The zero-order valence-corrected chi connectivity index (χ0v) is 36.1. The molecule has 59 heavy (non-hydrogen) atoms. The average molecular weight is 786 g/mol. The molecule has 0 fully saturated rings. The first kappa shape index (κ1) is 33.3. The molecule has 0 spiro atoms. The Balaban J connectivity index is 1.29. The number of benzene rings is 7. The van der Waals surface area contributed by atoms with E-state index in [1.807, 2.05) is 23.5 Å². The number of aryl methyl sites for hydroxylation is 2. The minimum atomic E-state index is -2.35. The second-order valence-corrected chi connectivity index (χ2v) is 20.7. The van der Waals surface area contributed by atoms with Crippen LogP contribution in [0.3, 0.4) is 0 Å². The SMILES string of the molecule is [2H]C([2H])([2H])c1cc2c3c(c1)N(c1cccc4sc5ccccc5c14)c1ccc(C(C)(C)C)cc1B3c1cc3c(cc1N2c1ccc(-c2ccccc2)cc1C)C(C)(C)CC3(C)C. The molecule has 0 amide bonds. The minimum Gasteiger partial charge on any atom is -0.311 e. The Morgan fingerprint density at radius 1 is 0.593 bits per heavy atom. The van der Waals surface area contributed by atoms with Crippen molar-refractivity contribution in [2.45, 2.75) is 84.9 Å². The van der Waals surface area contributed by atoms with Gasteiger partial charge in [-0.1, -0.05) is 127 Å². The van der Waals surface area contributed by atoms with Crippen molar-refractivity contribution in [3.05, 3.63) is 161 Å². The fraction of sp³-hybridized carbons (Fsp3) is 0.236. The number of hydrogen-bond donors (Lipinski definition) is 0. The van der Waals surface area contributed by atoms with Crippen LogP contribution in [0.25, 0.3) is 31.3 Å². The Kier molecular flexibility index (Phi) is 7.04. The quantitative estimate of drug-likeness (QED) is 0.165. The van der Waals surface area contributed by atoms with E-state index >= 15 is 0 Å². The Bertz CT molecular complexity index is 3170. The monoisotopic (exact) mass is 785 g/mol. The number of rotatable bonds is 3. The highest BCUT2D eigenvalue weighted by Gasteiger charge is 2.48. The van der Waals surface area contributed by atoms with Gasteiger partial charge in [0.2, 0.25) is 0 Å². The Morgan fingerprint density at radius 2 is 1.25 bits per heavy atom. The molecular formula is C55H51BN2S. The highest BCUT2D eigenvalue weighted by molar-refractivity contribution is 7.26. The van der Waals surface area contributed by atoms with E-state index in [9.17, 15) is 0 Å². The van der Waals surface area contributed by atoms with Crippen molar-refractivity contribution in [2.75, 3.05) is 9.80 Å². The van der Waals surface area contributed by atoms with Crippen LogP contribution in [0.4, 0.5) is 34.1 Å². The van der Waals surface area contributed by atoms with Crippen LogP contribution in [-0.4, -0.2) is 6.71 Å². The van der Waals surface area contributed by atoms with E-state index in [1.54, 1.807) is 0 Å². The van der Waals surface area contributed by atoms with E-state index in [0.29, 0.717) is 5.56 Å². The molecule has 8 aromatic rings. The molecule has 7 aromatic carbocycles. The summed E-state index contributed by atoms with van der Waals surface area (Å²) in [7, 11) is 0. The van der Waals surface area contributed by atoms with Gasteiger partial charge >= 0.3 is 0 Å². The maximum atomic E-state index is 9.03. The third kappa shape index (κ3) is 5.38. The molecule has 0 bridgehead atoms. The number of hydrogen-bond acceptors (Lipinski definition) is 3. The predicted octanol–water partition coefficient (Wildman–Crippen LogP) is 13.7. The highest BCUT2D eigenvalue weighted by Crippen LogP contribution is 2.53. The molecule has 0 saturated heterocycles. The molecular weight excluding hydrogens is 731 g/mol. The molecule has 2 nitrogen and oxygen atoms in total. The Labute approximate surface area is 358 Å². The average Bonchev–Trinajstić information content (AvgIpc) is 3.69. The second kappa shape index (κ2) is 12.5. The molecule has 0 atom stereocenters. The fourth-order valence-corrected chi connectivity index (χ4v) is 12.2.